The molecule has 1 N–H and O–H groups in total. The number of benzene rings is 2. The topological polar surface area (TPSA) is 42.0 Å². The van der Waals surface area contributed by atoms with Crippen LogP contribution in [0.1, 0.15) is 18.9 Å². The number of anilines is 1. The Bertz CT molecular complexity index is 913. The molecule has 3 aromatic rings. The highest BCUT2D eigenvalue weighted by Crippen LogP contribution is 2.28. The van der Waals surface area contributed by atoms with Crippen LogP contribution in [0.25, 0.3) is 10.9 Å². The van der Waals surface area contributed by atoms with Crippen LogP contribution in [0.2, 0.25) is 5.02 Å². The van der Waals surface area contributed by atoms with Gasteiger partial charge in [-0.05, 0) is 43.2 Å². The van der Waals surface area contributed by atoms with Gasteiger partial charge in [0.2, 0.25) is 5.91 Å². The number of nitrogens with one attached hydrogen (secondary N) is 1. The largest absolute Gasteiger partial charge is 0.325 e. The summed E-state index contributed by atoms with van der Waals surface area (Å²) in [5.41, 5.74) is 2.68. The lowest BCUT2D eigenvalue weighted by Crippen LogP contribution is -2.25. The Morgan fingerprint density at radius 3 is 2.80 bits per heavy atom. The van der Waals surface area contributed by atoms with Crippen LogP contribution in [0.15, 0.2) is 59.6 Å². The number of para-hydroxylation sites is 1. The number of hydrogen-bond donors (Lipinski definition) is 1. The van der Waals surface area contributed by atoms with Crippen molar-refractivity contribution in [3.05, 3.63) is 65.2 Å². The number of nitrogens with zero attached hydrogens (tertiary/aromatic N) is 1. The summed E-state index contributed by atoms with van der Waals surface area (Å²) >= 11 is 7.52. The molecule has 3 rings (SSSR count). The van der Waals surface area contributed by atoms with Gasteiger partial charge < -0.3 is 5.32 Å². The number of thioether (sulfide) groups is 1. The molecule has 25 heavy (non-hydrogen) atoms. The highest BCUT2D eigenvalue weighted by Gasteiger charge is 2.19. The molecule has 0 spiro atoms. The molecule has 5 heteroatoms. The fourth-order valence-corrected chi connectivity index (χ4v) is 3.62. The van der Waals surface area contributed by atoms with E-state index in [-0.39, 0.29) is 11.2 Å². The van der Waals surface area contributed by atoms with Crippen LogP contribution in [0, 0.1) is 6.92 Å². The van der Waals surface area contributed by atoms with Crippen molar-refractivity contribution in [3.8, 4) is 0 Å². The highest BCUT2D eigenvalue weighted by atomic mass is 35.5. The van der Waals surface area contributed by atoms with Gasteiger partial charge in [-0.3, -0.25) is 4.79 Å². The molecule has 1 aromatic heterocycles. The number of carbonyl (C=O) groups excluding carboxylic acids is 1. The molecular formula is C20H19ClN2OS. The van der Waals surface area contributed by atoms with E-state index in [4.69, 9.17) is 11.6 Å². The second-order valence-electron chi connectivity index (χ2n) is 5.81. The number of carbonyl (C=O) groups is 1. The van der Waals surface area contributed by atoms with Crippen LogP contribution in [0.4, 0.5) is 5.69 Å². The van der Waals surface area contributed by atoms with Crippen molar-refractivity contribution >= 4 is 45.9 Å². The molecule has 0 aliphatic heterocycles. The highest BCUT2D eigenvalue weighted by molar-refractivity contribution is 8.00. The van der Waals surface area contributed by atoms with E-state index in [1.807, 2.05) is 62.4 Å². The van der Waals surface area contributed by atoms with E-state index in [0.717, 1.165) is 27.2 Å². The average Bonchev–Trinajstić information content (AvgIpc) is 2.62. The summed E-state index contributed by atoms with van der Waals surface area (Å²) in [5, 5.41) is 5.33. The molecule has 128 valence electrons. The summed E-state index contributed by atoms with van der Waals surface area (Å²) in [5.74, 6) is -0.0344. The maximum absolute atomic E-state index is 12.7. The van der Waals surface area contributed by atoms with Gasteiger partial charge in [0.1, 0.15) is 0 Å². The van der Waals surface area contributed by atoms with E-state index in [2.05, 4.69) is 10.3 Å². The molecule has 0 saturated heterocycles. The van der Waals surface area contributed by atoms with E-state index >= 15 is 0 Å². The normalized spacial score (nSPS) is 12.1. The first-order chi connectivity index (χ1) is 12.1. The molecule has 0 aliphatic rings. The second-order valence-corrected chi connectivity index (χ2v) is 7.46. The number of rotatable bonds is 5. The van der Waals surface area contributed by atoms with Gasteiger partial charge in [-0.25, -0.2) is 4.98 Å². The molecule has 0 radical (unpaired) electrons. The van der Waals surface area contributed by atoms with Crippen molar-refractivity contribution < 1.29 is 4.79 Å². The molecule has 1 unspecified atom stereocenters. The van der Waals surface area contributed by atoms with Crippen molar-refractivity contribution in [1.82, 2.24) is 4.98 Å². The van der Waals surface area contributed by atoms with Crippen LogP contribution in [-0.2, 0) is 4.79 Å². The molecule has 1 heterocycles. The Morgan fingerprint density at radius 2 is 2.00 bits per heavy atom. The third-order valence-corrected chi connectivity index (χ3v) is 5.49. The number of aromatic nitrogens is 1. The zero-order valence-corrected chi connectivity index (χ0v) is 15.7. The van der Waals surface area contributed by atoms with Gasteiger partial charge in [-0.15, -0.1) is 0 Å². The summed E-state index contributed by atoms with van der Waals surface area (Å²) in [7, 11) is 0. The van der Waals surface area contributed by atoms with Crippen LogP contribution < -0.4 is 5.32 Å². The molecule has 0 saturated carbocycles. The molecule has 3 nitrogen and oxygen atoms in total. The Balaban J connectivity index is 1.76. The molecule has 1 amide bonds. The van der Waals surface area contributed by atoms with Crippen molar-refractivity contribution in [1.29, 1.82) is 0 Å². The van der Waals surface area contributed by atoms with Gasteiger partial charge >= 0.3 is 0 Å². The van der Waals surface area contributed by atoms with Gasteiger partial charge in [0, 0.05) is 16.1 Å². The predicted octanol–water partition coefficient (Wildman–Crippen LogP) is 5.71. The zero-order valence-electron chi connectivity index (χ0n) is 14.1. The Morgan fingerprint density at radius 1 is 1.20 bits per heavy atom. The Labute approximate surface area is 156 Å². The summed E-state index contributed by atoms with van der Waals surface area (Å²) in [4.78, 5) is 17.3. The van der Waals surface area contributed by atoms with Crippen LogP contribution in [0.3, 0.4) is 0 Å². The average molecular weight is 371 g/mol. The standard InChI is InChI=1S/C20H19ClN2OS/c1-3-18(20(24)23-17-12-15(21)10-8-13(17)2)25-19-11-9-14-6-4-5-7-16(14)22-19/h4-12,18H,3H2,1-2H3,(H,23,24). The van der Waals surface area contributed by atoms with Gasteiger partial charge in [-0.2, -0.15) is 0 Å². The van der Waals surface area contributed by atoms with Crippen LogP contribution >= 0.6 is 23.4 Å². The maximum atomic E-state index is 12.7. The quantitative estimate of drug-likeness (QED) is 0.585. The van der Waals surface area contributed by atoms with Crippen LogP contribution in [0.5, 0.6) is 0 Å². The number of halogens is 1. The first-order valence-electron chi connectivity index (χ1n) is 8.16. The smallest absolute Gasteiger partial charge is 0.237 e. The SMILES string of the molecule is CCC(Sc1ccc2ccccc2n1)C(=O)Nc1cc(Cl)ccc1C. The first-order valence-corrected chi connectivity index (χ1v) is 9.42. The predicted molar refractivity (Wildman–Crippen MR) is 106 cm³/mol. The van der Waals surface area contributed by atoms with E-state index in [0.29, 0.717) is 11.4 Å². The van der Waals surface area contributed by atoms with Crippen molar-refractivity contribution in [2.45, 2.75) is 30.5 Å². The summed E-state index contributed by atoms with van der Waals surface area (Å²) in [6.07, 6.45) is 0.713. The third kappa shape index (κ3) is 4.33. The fourth-order valence-electron chi connectivity index (χ4n) is 2.52. The minimum atomic E-state index is -0.216. The van der Waals surface area contributed by atoms with Crippen molar-refractivity contribution in [2.75, 3.05) is 5.32 Å². The minimum Gasteiger partial charge on any atom is -0.325 e. The van der Waals surface area contributed by atoms with E-state index in [1.54, 1.807) is 6.07 Å². The maximum Gasteiger partial charge on any atom is 0.237 e. The molecular weight excluding hydrogens is 352 g/mol. The van der Waals surface area contributed by atoms with Crippen LogP contribution in [-0.4, -0.2) is 16.1 Å². The van der Waals surface area contributed by atoms with E-state index in [9.17, 15) is 4.79 Å². The van der Waals surface area contributed by atoms with Gasteiger partial charge in [-0.1, -0.05) is 60.6 Å². The van der Waals surface area contributed by atoms with Crippen molar-refractivity contribution in [2.24, 2.45) is 0 Å². The minimum absolute atomic E-state index is 0.0344. The number of hydrogen-bond acceptors (Lipinski definition) is 3. The van der Waals surface area contributed by atoms with Crippen molar-refractivity contribution in [3.63, 3.8) is 0 Å². The van der Waals surface area contributed by atoms with Gasteiger partial charge in [0.25, 0.3) is 0 Å². The molecule has 1 atom stereocenters. The molecule has 0 aliphatic carbocycles. The lowest BCUT2D eigenvalue weighted by Gasteiger charge is -2.16. The second kappa shape index (κ2) is 7.89. The summed E-state index contributed by atoms with van der Waals surface area (Å²) < 4.78 is 0. The van der Waals surface area contributed by atoms with Gasteiger partial charge in [0.05, 0.1) is 15.8 Å². The Hall–Kier alpha value is -2.04. The molecule has 0 bridgehead atoms. The molecule has 2 aromatic carbocycles. The zero-order chi connectivity index (χ0) is 17.8. The van der Waals surface area contributed by atoms with Gasteiger partial charge in [0.15, 0.2) is 0 Å². The lowest BCUT2D eigenvalue weighted by molar-refractivity contribution is -0.115. The third-order valence-electron chi connectivity index (χ3n) is 3.96. The molecule has 0 fully saturated rings. The Kier molecular flexibility index (Phi) is 5.61. The number of aryl methyl sites for hydroxylation is 1. The summed E-state index contributed by atoms with van der Waals surface area (Å²) in [6.45, 7) is 3.95. The number of fused-ring (bicyclic) bond motifs is 1. The fraction of sp³-hybridized carbons (Fsp3) is 0.200. The van der Waals surface area contributed by atoms with E-state index in [1.165, 1.54) is 11.8 Å². The first kappa shape index (κ1) is 17.8. The van der Waals surface area contributed by atoms with E-state index < -0.39 is 0 Å². The number of pyridine rings is 1. The summed E-state index contributed by atoms with van der Waals surface area (Å²) in [6, 6.07) is 17.5. The lowest BCUT2D eigenvalue weighted by atomic mass is 10.2. The number of amides is 1. The monoisotopic (exact) mass is 370 g/mol.